The molecular formula is C18H13N5O2S2. The van der Waals surface area contributed by atoms with Crippen LogP contribution in [0.1, 0.15) is 16.8 Å². The summed E-state index contributed by atoms with van der Waals surface area (Å²) in [6, 6.07) is 12.2. The van der Waals surface area contributed by atoms with Gasteiger partial charge in [0.25, 0.3) is 0 Å². The van der Waals surface area contributed by atoms with Crippen LogP contribution in [0.15, 0.2) is 40.1 Å². The lowest BCUT2D eigenvalue weighted by Gasteiger charge is -1.95. The van der Waals surface area contributed by atoms with Gasteiger partial charge in [-0.15, -0.1) is 32.9 Å². The first-order valence-corrected chi connectivity index (χ1v) is 9.79. The number of thiazole rings is 1. The smallest absolute Gasteiger partial charge is 0.230 e. The van der Waals surface area contributed by atoms with Crippen molar-refractivity contribution >= 4 is 38.8 Å². The van der Waals surface area contributed by atoms with E-state index in [0.29, 0.717) is 12.3 Å². The van der Waals surface area contributed by atoms with Gasteiger partial charge < -0.3 is 9.73 Å². The second kappa shape index (κ2) is 7.65. The highest BCUT2D eigenvalue weighted by atomic mass is 32.1. The van der Waals surface area contributed by atoms with E-state index in [-0.39, 0.29) is 24.8 Å². The number of nitrogens with one attached hydrogen (secondary N) is 1. The van der Waals surface area contributed by atoms with E-state index in [0.717, 1.165) is 15.2 Å². The molecular weight excluding hydrogens is 382 g/mol. The number of fused-ring (bicyclic) bond motifs is 1. The number of rotatable bonds is 6. The van der Waals surface area contributed by atoms with Gasteiger partial charge in [-0.25, -0.2) is 4.98 Å². The Hall–Kier alpha value is -3.09. The minimum absolute atomic E-state index is 0.0427. The van der Waals surface area contributed by atoms with Crippen LogP contribution in [0.3, 0.4) is 0 Å². The minimum Gasteiger partial charge on any atom is -0.424 e. The highest BCUT2D eigenvalue weighted by Crippen LogP contribution is 2.31. The molecule has 0 spiro atoms. The summed E-state index contributed by atoms with van der Waals surface area (Å²) in [5.74, 6) is 0.310. The molecule has 0 saturated carbocycles. The number of amides is 1. The van der Waals surface area contributed by atoms with E-state index >= 15 is 0 Å². The molecule has 0 radical (unpaired) electrons. The fourth-order valence-corrected chi connectivity index (χ4v) is 4.26. The first-order chi connectivity index (χ1) is 13.2. The van der Waals surface area contributed by atoms with Crippen LogP contribution in [0.5, 0.6) is 0 Å². The van der Waals surface area contributed by atoms with Gasteiger partial charge in [0.2, 0.25) is 17.7 Å². The Morgan fingerprint density at radius 2 is 2.15 bits per heavy atom. The summed E-state index contributed by atoms with van der Waals surface area (Å²) in [6.45, 7) is -0.0427. The summed E-state index contributed by atoms with van der Waals surface area (Å²) in [6.07, 6.45) is 0.374. The molecule has 0 aliphatic carbocycles. The van der Waals surface area contributed by atoms with Gasteiger partial charge in [-0.1, -0.05) is 12.1 Å². The van der Waals surface area contributed by atoms with Gasteiger partial charge in [0.1, 0.15) is 18.0 Å². The van der Waals surface area contributed by atoms with E-state index in [4.69, 9.17) is 9.68 Å². The Kier molecular flexibility index (Phi) is 4.91. The number of benzene rings is 1. The van der Waals surface area contributed by atoms with E-state index < -0.39 is 0 Å². The maximum Gasteiger partial charge on any atom is 0.230 e. The lowest BCUT2D eigenvalue weighted by atomic mass is 10.2. The van der Waals surface area contributed by atoms with Crippen LogP contribution in [0, 0.1) is 11.3 Å². The number of hydrogen-bond acceptors (Lipinski definition) is 8. The Balaban J connectivity index is 1.47. The predicted molar refractivity (Wildman–Crippen MR) is 102 cm³/mol. The van der Waals surface area contributed by atoms with Crippen LogP contribution >= 0.6 is 22.7 Å². The first-order valence-electron chi connectivity index (χ1n) is 8.09. The number of thiophene rings is 1. The fraction of sp³-hybridized carbons (Fsp3) is 0.167. The number of nitrogens with zero attached hydrogens (tertiary/aromatic N) is 4. The van der Waals surface area contributed by atoms with Gasteiger partial charge in [0.15, 0.2) is 0 Å². The zero-order valence-electron chi connectivity index (χ0n) is 14.0. The molecule has 0 atom stereocenters. The molecule has 3 heterocycles. The number of carbonyl (C=O) groups is 1. The molecule has 0 unspecified atom stereocenters. The monoisotopic (exact) mass is 395 g/mol. The van der Waals surface area contributed by atoms with Gasteiger partial charge in [-0.3, -0.25) is 4.79 Å². The minimum atomic E-state index is -0.326. The summed E-state index contributed by atoms with van der Waals surface area (Å²) in [4.78, 5) is 17.4. The van der Waals surface area contributed by atoms with Crippen LogP contribution in [0.4, 0.5) is 0 Å². The molecule has 134 valence electrons. The molecule has 0 bridgehead atoms. The van der Waals surface area contributed by atoms with Crippen LogP contribution in [0.25, 0.3) is 20.7 Å². The molecule has 3 aromatic heterocycles. The van der Waals surface area contributed by atoms with Crippen LogP contribution < -0.4 is 5.32 Å². The van der Waals surface area contributed by atoms with E-state index in [1.807, 2.05) is 18.2 Å². The van der Waals surface area contributed by atoms with Crippen molar-refractivity contribution in [2.75, 3.05) is 6.54 Å². The molecule has 27 heavy (non-hydrogen) atoms. The van der Waals surface area contributed by atoms with E-state index in [1.54, 1.807) is 22.7 Å². The lowest BCUT2D eigenvalue weighted by Crippen LogP contribution is -2.25. The molecule has 0 aliphatic rings. The van der Waals surface area contributed by atoms with E-state index in [2.05, 4.69) is 44.1 Å². The van der Waals surface area contributed by atoms with Crippen molar-refractivity contribution in [3.05, 3.63) is 52.5 Å². The van der Waals surface area contributed by atoms with E-state index in [1.165, 1.54) is 10.4 Å². The zero-order valence-corrected chi connectivity index (χ0v) is 15.6. The van der Waals surface area contributed by atoms with Crippen molar-refractivity contribution in [1.82, 2.24) is 20.5 Å². The average Bonchev–Trinajstić information content (AvgIpc) is 3.40. The van der Waals surface area contributed by atoms with Gasteiger partial charge >= 0.3 is 0 Å². The molecule has 9 heteroatoms. The van der Waals surface area contributed by atoms with Gasteiger partial charge in [0.05, 0.1) is 22.7 Å². The Morgan fingerprint density at radius 3 is 2.96 bits per heavy atom. The number of aromatic nitrogens is 3. The van der Waals surface area contributed by atoms with Crippen molar-refractivity contribution in [3.63, 3.8) is 0 Å². The molecule has 7 nitrogen and oxygen atoms in total. The summed E-state index contributed by atoms with van der Waals surface area (Å²) in [5.41, 5.74) is 2.11. The quantitative estimate of drug-likeness (QED) is 0.503. The molecule has 0 fully saturated rings. The molecule has 1 N–H and O–H groups in total. The molecule has 0 saturated heterocycles. The number of nitriles is 1. The summed E-state index contributed by atoms with van der Waals surface area (Å²) >= 11 is 3.30. The third kappa shape index (κ3) is 4.02. The third-order valence-electron chi connectivity index (χ3n) is 3.73. The Bertz CT molecular complexity index is 1120. The average molecular weight is 395 g/mol. The SMILES string of the molecule is N#CCNC(=O)Cc1nnc(Cc2nc3ccc(-c4cccs4)cc3s2)o1. The maximum absolute atomic E-state index is 11.6. The van der Waals surface area contributed by atoms with Crippen molar-refractivity contribution in [2.45, 2.75) is 12.8 Å². The van der Waals surface area contributed by atoms with Crippen molar-refractivity contribution < 1.29 is 9.21 Å². The molecule has 1 aromatic carbocycles. The standard InChI is InChI=1S/C18H13N5O2S2/c19-5-6-20-15(24)9-16-22-23-17(25-16)10-18-21-12-4-3-11(8-14(12)27-18)13-2-1-7-26-13/h1-4,7-8H,6,9-10H2,(H,20,24). The second-order valence-electron chi connectivity index (χ2n) is 5.65. The van der Waals surface area contributed by atoms with Crippen LogP contribution in [0.2, 0.25) is 0 Å². The predicted octanol–water partition coefficient (Wildman–Crippen LogP) is 3.18. The normalized spacial score (nSPS) is 10.8. The molecule has 4 rings (SSSR count). The lowest BCUT2D eigenvalue weighted by molar-refractivity contribution is -0.120. The maximum atomic E-state index is 11.6. The van der Waals surface area contributed by atoms with E-state index in [9.17, 15) is 4.79 Å². The molecule has 4 aromatic rings. The van der Waals surface area contributed by atoms with Crippen LogP contribution in [-0.4, -0.2) is 27.6 Å². The van der Waals surface area contributed by atoms with Crippen LogP contribution in [-0.2, 0) is 17.6 Å². The van der Waals surface area contributed by atoms with Crippen molar-refractivity contribution in [2.24, 2.45) is 0 Å². The Morgan fingerprint density at radius 1 is 1.26 bits per heavy atom. The topological polar surface area (TPSA) is 105 Å². The highest BCUT2D eigenvalue weighted by Gasteiger charge is 2.13. The third-order valence-corrected chi connectivity index (χ3v) is 5.66. The molecule has 0 aliphatic heterocycles. The summed E-state index contributed by atoms with van der Waals surface area (Å²) < 4.78 is 6.62. The Labute approximate surface area is 162 Å². The summed E-state index contributed by atoms with van der Waals surface area (Å²) in [5, 5.41) is 21.7. The number of carbonyl (C=O) groups excluding carboxylic acids is 1. The first kappa shape index (κ1) is 17.3. The van der Waals surface area contributed by atoms with Crippen molar-refractivity contribution in [3.8, 4) is 16.5 Å². The van der Waals surface area contributed by atoms with Gasteiger partial charge in [-0.2, -0.15) is 5.26 Å². The van der Waals surface area contributed by atoms with Crippen molar-refractivity contribution in [1.29, 1.82) is 5.26 Å². The number of hydrogen-bond donors (Lipinski definition) is 1. The second-order valence-corrected chi connectivity index (χ2v) is 7.71. The largest absolute Gasteiger partial charge is 0.424 e. The fourth-order valence-electron chi connectivity index (χ4n) is 2.54. The van der Waals surface area contributed by atoms with Gasteiger partial charge in [-0.05, 0) is 29.1 Å². The van der Waals surface area contributed by atoms with Gasteiger partial charge in [0, 0.05) is 4.88 Å². The zero-order chi connectivity index (χ0) is 18.6. The highest BCUT2D eigenvalue weighted by molar-refractivity contribution is 7.18. The summed E-state index contributed by atoms with van der Waals surface area (Å²) in [7, 11) is 0. The molecule has 1 amide bonds.